The van der Waals surface area contributed by atoms with E-state index in [0.29, 0.717) is 24.5 Å². The zero-order valence-electron chi connectivity index (χ0n) is 19.5. The van der Waals surface area contributed by atoms with Crippen molar-refractivity contribution < 1.29 is 19.3 Å². The Morgan fingerprint density at radius 3 is 2.48 bits per heavy atom. The molecule has 0 bridgehead atoms. The number of para-hydroxylation sites is 2. The van der Waals surface area contributed by atoms with Crippen molar-refractivity contribution in [3.63, 3.8) is 0 Å². The molecule has 0 aliphatic carbocycles. The molecule has 0 aliphatic rings. The van der Waals surface area contributed by atoms with Crippen LogP contribution >= 0.6 is 0 Å². The van der Waals surface area contributed by atoms with Gasteiger partial charge in [-0.3, -0.25) is 0 Å². The number of aryl methyl sites for hydroxylation is 1. The molecule has 6 nitrogen and oxygen atoms in total. The van der Waals surface area contributed by atoms with Gasteiger partial charge in [0.15, 0.2) is 11.5 Å². The number of aliphatic hydroxyl groups is 1. The molecule has 4 aromatic rings. The molecule has 3 aromatic carbocycles. The Balaban J connectivity index is 1.57. The average molecular weight is 447 g/mol. The van der Waals surface area contributed by atoms with E-state index in [4.69, 9.17) is 19.2 Å². The van der Waals surface area contributed by atoms with Crippen LogP contribution in [-0.4, -0.2) is 41.6 Å². The number of methoxy groups -OCH3 is 2. The van der Waals surface area contributed by atoms with Crippen LogP contribution in [0.1, 0.15) is 22.5 Å². The number of ether oxygens (including phenoxy) is 3. The third-order valence-electron chi connectivity index (χ3n) is 5.92. The first kappa shape index (κ1) is 22.7. The second-order valence-electron chi connectivity index (χ2n) is 8.16. The molecule has 1 heterocycles. The lowest BCUT2D eigenvalue weighted by Crippen LogP contribution is -2.25. The zero-order valence-corrected chi connectivity index (χ0v) is 19.5. The van der Waals surface area contributed by atoms with Gasteiger partial charge in [0.25, 0.3) is 0 Å². The summed E-state index contributed by atoms with van der Waals surface area (Å²) in [7, 11) is 3.25. The summed E-state index contributed by atoms with van der Waals surface area (Å²) >= 11 is 0. The van der Waals surface area contributed by atoms with E-state index in [1.807, 2.05) is 61.5 Å². The Labute approximate surface area is 194 Å². The molecule has 1 unspecified atom stereocenters. The van der Waals surface area contributed by atoms with Gasteiger partial charge in [-0.1, -0.05) is 30.3 Å². The van der Waals surface area contributed by atoms with Gasteiger partial charge in [0, 0.05) is 6.42 Å². The minimum atomic E-state index is -0.688. The van der Waals surface area contributed by atoms with E-state index in [9.17, 15) is 5.11 Å². The number of imidazole rings is 1. The van der Waals surface area contributed by atoms with E-state index < -0.39 is 6.10 Å². The largest absolute Gasteiger partial charge is 0.493 e. The maximum absolute atomic E-state index is 10.8. The molecule has 0 radical (unpaired) electrons. The summed E-state index contributed by atoms with van der Waals surface area (Å²) in [6.45, 7) is 4.67. The first-order chi connectivity index (χ1) is 16.0. The van der Waals surface area contributed by atoms with Crippen LogP contribution in [0.25, 0.3) is 11.0 Å². The monoisotopic (exact) mass is 446 g/mol. The van der Waals surface area contributed by atoms with Crippen molar-refractivity contribution in [1.82, 2.24) is 9.55 Å². The van der Waals surface area contributed by atoms with Gasteiger partial charge < -0.3 is 23.9 Å². The minimum Gasteiger partial charge on any atom is -0.493 e. The smallest absolute Gasteiger partial charge is 0.161 e. The highest BCUT2D eigenvalue weighted by Gasteiger charge is 2.16. The summed E-state index contributed by atoms with van der Waals surface area (Å²) in [5.41, 5.74) is 5.19. The van der Waals surface area contributed by atoms with E-state index in [1.165, 1.54) is 5.56 Å². The van der Waals surface area contributed by atoms with Gasteiger partial charge in [0.1, 0.15) is 24.3 Å². The van der Waals surface area contributed by atoms with Crippen LogP contribution in [0.2, 0.25) is 0 Å². The van der Waals surface area contributed by atoms with Crippen LogP contribution in [0.4, 0.5) is 0 Å². The molecule has 0 saturated carbocycles. The average Bonchev–Trinajstić information content (AvgIpc) is 3.16. The topological polar surface area (TPSA) is 65.7 Å². The lowest BCUT2D eigenvalue weighted by Gasteiger charge is -2.17. The standard InChI is InChI=1S/C27H30N2O4/c1-18-8-7-11-24(19(18)2)33-17-21(30)16-29-23-10-6-5-9-22(23)28-27(29)15-20-12-13-25(31-3)26(14-20)32-4/h5-14,21,30H,15-17H2,1-4H3. The van der Waals surface area contributed by atoms with E-state index >= 15 is 0 Å². The molecule has 0 aliphatic heterocycles. The zero-order chi connectivity index (χ0) is 23.4. The van der Waals surface area contributed by atoms with Crippen molar-refractivity contribution in [3.05, 3.63) is 83.2 Å². The number of aromatic nitrogens is 2. The Morgan fingerprint density at radius 1 is 0.909 bits per heavy atom. The molecule has 6 heteroatoms. The van der Waals surface area contributed by atoms with Crippen molar-refractivity contribution >= 4 is 11.0 Å². The molecule has 33 heavy (non-hydrogen) atoms. The van der Waals surface area contributed by atoms with Crippen molar-refractivity contribution in [3.8, 4) is 17.2 Å². The molecule has 0 amide bonds. The summed E-state index contributed by atoms with van der Waals surface area (Å²) in [5.74, 6) is 3.04. The van der Waals surface area contributed by atoms with Crippen molar-refractivity contribution in [1.29, 1.82) is 0 Å². The van der Waals surface area contributed by atoms with Crippen LogP contribution in [0.3, 0.4) is 0 Å². The van der Waals surface area contributed by atoms with E-state index in [-0.39, 0.29) is 6.61 Å². The normalized spacial score (nSPS) is 12.0. The minimum absolute atomic E-state index is 0.201. The van der Waals surface area contributed by atoms with Gasteiger partial charge in [0.05, 0.1) is 31.8 Å². The maximum atomic E-state index is 10.8. The number of rotatable bonds is 9. The molecule has 0 saturated heterocycles. The highest BCUT2D eigenvalue weighted by molar-refractivity contribution is 5.76. The van der Waals surface area contributed by atoms with Gasteiger partial charge in [-0.25, -0.2) is 4.98 Å². The van der Waals surface area contributed by atoms with Crippen molar-refractivity contribution in [2.45, 2.75) is 32.9 Å². The number of hydrogen-bond donors (Lipinski definition) is 1. The Morgan fingerprint density at radius 2 is 1.70 bits per heavy atom. The van der Waals surface area contributed by atoms with Gasteiger partial charge >= 0.3 is 0 Å². The molecule has 0 spiro atoms. The van der Waals surface area contributed by atoms with E-state index in [0.717, 1.165) is 33.7 Å². The van der Waals surface area contributed by atoms with E-state index in [1.54, 1.807) is 14.2 Å². The molecule has 172 valence electrons. The third kappa shape index (κ3) is 4.96. The number of nitrogens with zero attached hydrogens (tertiary/aromatic N) is 2. The van der Waals surface area contributed by atoms with E-state index in [2.05, 4.69) is 17.6 Å². The fourth-order valence-corrected chi connectivity index (χ4v) is 3.97. The highest BCUT2D eigenvalue weighted by atomic mass is 16.5. The third-order valence-corrected chi connectivity index (χ3v) is 5.92. The van der Waals surface area contributed by atoms with Gasteiger partial charge in [0.2, 0.25) is 0 Å². The van der Waals surface area contributed by atoms with Crippen LogP contribution < -0.4 is 14.2 Å². The van der Waals surface area contributed by atoms with Crippen LogP contribution in [-0.2, 0) is 13.0 Å². The SMILES string of the molecule is COc1ccc(Cc2nc3ccccc3n2CC(O)COc2cccc(C)c2C)cc1OC. The molecule has 1 N–H and O–H groups in total. The van der Waals surface area contributed by atoms with Gasteiger partial charge in [-0.15, -0.1) is 0 Å². The lowest BCUT2D eigenvalue weighted by atomic mass is 10.1. The first-order valence-corrected chi connectivity index (χ1v) is 11.0. The molecule has 1 aromatic heterocycles. The predicted octanol–water partition coefficient (Wildman–Crippen LogP) is 4.70. The Hall–Kier alpha value is -3.51. The second-order valence-corrected chi connectivity index (χ2v) is 8.16. The first-order valence-electron chi connectivity index (χ1n) is 11.0. The molecule has 0 fully saturated rings. The van der Waals surface area contributed by atoms with Crippen LogP contribution in [0, 0.1) is 13.8 Å². The second kappa shape index (κ2) is 9.96. The van der Waals surface area contributed by atoms with Gasteiger partial charge in [-0.2, -0.15) is 0 Å². The summed E-state index contributed by atoms with van der Waals surface area (Å²) in [6, 6.07) is 19.8. The fraction of sp³-hybridized carbons (Fsp3) is 0.296. The highest BCUT2D eigenvalue weighted by Crippen LogP contribution is 2.29. The maximum Gasteiger partial charge on any atom is 0.161 e. The van der Waals surface area contributed by atoms with Crippen molar-refractivity contribution in [2.24, 2.45) is 0 Å². The molecule has 1 atom stereocenters. The fourth-order valence-electron chi connectivity index (χ4n) is 3.97. The number of hydrogen-bond acceptors (Lipinski definition) is 5. The predicted molar refractivity (Wildman–Crippen MR) is 130 cm³/mol. The molecule has 4 rings (SSSR count). The van der Waals surface area contributed by atoms with Crippen LogP contribution in [0.5, 0.6) is 17.2 Å². The summed E-state index contributed by atoms with van der Waals surface area (Å²) < 4.78 is 18.8. The molecular formula is C27H30N2O4. The quantitative estimate of drug-likeness (QED) is 0.404. The summed E-state index contributed by atoms with van der Waals surface area (Å²) in [4.78, 5) is 4.84. The van der Waals surface area contributed by atoms with Gasteiger partial charge in [-0.05, 0) is 60.9 Å². The molecular weight excluding hydrogens is 416 g/mol. The summed E-state index contributed by atoms with van der Waals surface area (Å²) in [5, 5.41) is 10.8. The summed E-state index contributed by atoms with van der Waals surface area (Å²) in [6.07, 6.45) is -0.0914. The number of fused-ring (bicyclic) bond motifs is 1. The number of aliphatic hydroxyl groups excluding tert-OH is 1. The van der Waals surface area contributed by atoms with Crippen molar-refractivity contribution in [2.75, 3.05) is 20.8 Å². The Kier molecular flexibility index (Phi) is 6.84. The van der Waals surface area contributed by atoms with Crippen LogP contribution in [0.15, 0.2) is 60.7 Å². The lowest BCUT2D eigenvalue weighted by molar-refractivity contribution is 0.0924. The number of benzene rings is 3. The Bertz CT molecular complexity index is 1250.